The molecule has 2 rings (SSSR count). The molecule has 1 aromatic rings. The van der Waals surface area contributed by atoms with Crippen molar-refractivity contribution in [2.24, 2.45) is 0 Å². The number of anilines is 1. The Morgan fingerprint density at radius 3 is 2.44 bits per heavy atom. The van der Waals surface area contributed by atoms with E-state index in [1.54, 1.807) is 0 Å². The predicted molar refractivity (Wildman–Crippen MR) is 71.5 cm³/mol. The number of hydrogen-bond acceptors (Lipinski definition) is 1. The topological polar surface area (TPSA) is 3.24 Å². The molecule has 0 amide bonds. The Bertz CT molecular complexity index is 421. The molecule has 100 valence electrons. The molecule has 0 saturated carbocycles. The lowest BCUT2D eigenvalue weighted by Crippen LogP contribution is -2.43. The largest absolute Gasteiger partial charge is 0.365 e. The number of para-hydroxylation sites is 1. The highest BCUT2D eigenvalue weighted by molar-refractivity contribution is 5.56. The summed E-state index contributed by atoms with van der Waals surface area (Å²) in [5.74, 6) is -2.55. The lowest BCUT2D eigenvalue weighted by Gasteiger charge is -2.37. The summed E-state index contributed by atoms with van der Waals surface area (Å²) >= 11 is 0. The van der Waals surface area contributed by atoms with E-state index in [0.717, 1.165) is 17.8 Å². The molecule has 0 unspecified atom stereocenters. The zero-order chi connectivity index (χ0) is 13.4. The van der Waals surface area contributed by atoms with Crippen LogP contribution in [0.3, 0.4) is 0 Å². The van der Waals surface area contributed by atoms with E-state index >= 15 is 0 Å². The molecule has 0 aliphatic carbocycles. The molecular weight excluding hydrogens is 232 g/mol. The first-order valence-corrected chi connectivity index (χ1v) is 6.52. The van der Waals surface area contributed by atoms with Gasteiger partial charge in [-0.3, -0.25) is 0 Å². The molecule has 0 radical (unpaired) electrons. The molecule has 0 atom stereocenters. The maximum Gasteiger partial charge on any atom is 0.265 e. The van der Waals surface area contributed by atoms with E-state index < -0.39 is 5.92 Å². The summed E-state index contributed by atoms with van der Waals surface area (Å²) in [4.78, 5) is 1.84. The van der Waals surface area contributed by atoms with Crippen LogP contribution in [0.2, 0.25) is 0 Å². The quantitative estimate of drug-likeness (QED) is 0.724. The van der Waals surface area contributed by atoms with Crippen LogP contribution in [0.5, 0.6) is 0 Å². The van der Waals surface area contributed by atoms with E-state index in [1.807, 2.05) is 29.2 Å². The average molecular weight is 253 g/mol. The molecule has 1 nitrogen and oxygen atoms in total. The summed E-state index contributed by atoms with van der Waals surface area (Å²) in [6.45, 7) is 6.93. The molecule has 1 saturated heterocycles. The summed E-state index contributed by atoms with van der Waals surface area (Å²) in [5, 5.41) is 0. The third-order valence-corrected chi connectivity index (χ3v) is 3.45. The Morgan fingerprint density at radius 2 is 1.83 bits per heavy atom. The van der Waals surface area contributed by atoms with Crippen LogP contribution < -0.4 is 4.90 Å². The minimum absolute atomic E-state index is 0.0151. The van der Waals surface area contributed by atoms with Crippen molar-refractivity contribution >= 4 is 5.69 Å². The number of piperidine rings is 1. The summed E-state index contributed by atoms with van der Waals surface area (Å²) in [7, 11) is 0. The fourth-order valence-corrected chi connectivity index (χ4v) is 2.56. The summed E-state index contributed by atoms with van der Waals surface area (Å²) in [6, 6.07) is 7.91. The molecule has 0 bridgehead atoms. The van der Waals surface area contributed by atoms with Crippen molar-refractivity contribution < 1.29 is 8.78 Å². The SMILES string of the molecule is CC(C)(C)c1ccccc1N1CCCC(F)(F)C1. The Balaban J connectivity index is 2.33. The second kappa shape index (κ2) is 4.52. The molecule has 0 N–H and O–H groups in total. The fraction of sp³-hybridized carbons (Fsp3) is 0.600. The molecule has 18 heavy (non-hydrogen) atoms. The molecule has 0 aromatic heterocycles. The van der Waals surface area contributed by atoms with Crippen LogP contribution in [0.15, 0.2) is 24.3 Å². The van der Waals surface area contributed by atoms with Crippen molar-refractivity contribution in [2.75, 3.05) is 18.0 Å². The number of nitrogens with zero attached hydrogens (tertiary/aromatic N) is 1. The first-order valence-electron chi connectivity index (χ1n) is 6.52. The average Bonchev–Trinajstić information content (AvgIpc) is 2.26. The van der Waals surface area contributed by atoms with Crippen molar-refractivity contribution in [2.45, 2.75) is 45.0 Å². The molecule has 1 heterocycles. The first-order chi connectivity index (χ1) is 8.30. The molecule has 1 aromatic carbocycles. The molecule has 1 fully saturated rings. The van der Waals surface area contributed by atoms with Gasteiger partial charge in [0.2, 0.25) is 0 Å². The Kier molecular flexibility index (Phi) is 3.35. The van der Waals surface area contributed by atoms with Crippen LogP contribution in [0.25, 0.3) is 0 Å². The number of benzene rings is 1. The van der Waals surface area contributed by atoms with Crippen molar-refractivity contribution in [1.29, 1.82) is 0 Å². The van der Waals surface area contributed by atoms with Crippen LogP contribution in [-0.2, 0) is 5.41 Å². The van der Waals surface area contributed by atoms with Gasteiger partial charge in [0.05, 0.1) is 6.54 Å². The molecule has 0 spiro atoms. The van der Waals surface area contributed by atoms with Gasteiger partial charge in [0.15, 0.2) is 0 Å². The smallest absolute Gasteiger partial charge is 0.265 e. The van der Waals surface area contributed by atoms with E-state index in [2.05, 4.69) is 20.8 Å². The molecule has 3 heteroatoms. The van der Waals surface area contributed by atoms with Gasteiger partial charge >= 0.3 is 0 Å². The summed E-state index contributed by atoms with van der Waals surface area (Å²) in [5.41, 5.74) is 2.08. The minimum Gasteiger partial charge on any atom is -0.365 e. The van der Waals surface area contributed by atoms with Gasteiger partial charge in [0.25, 0.3) is 5.92 Å². The number of halogens is 2. The highest BCUT2D eigenvalue weighted by Crippen LogP contribution is 2.36. The van der Waals surface area contributed by atoms with Gasteiger partial charge in [-0.25, -0.2) is 8.78 Å². The highest BCUT2D eigenvalue weighted by atomic mass is 19.3. The van der Waals surface area contributed by atoms with Crippen LogP contribution in [0.1, 0.15) is 39.2 Å². The zero-order valence-corrected chi connectivity index (χ0v) is 11.3. The van der Waals surface area contributed by atoms with Crippen molar-refractivity contribution in [3.05, 3.63) is 29.8 Å². The first kappa shape index (κ1) is 13.3. The van der Waals surface area contributed by atoms with Gasteiger partial charge in [0.1, 0.15) is 0 Å². The molecular formula is C15H21F2N. The summed E-state index contributed by atoms with van der Waals surface area (Å²) in [6.07, 6.45) is 0.576. The van der Waals surface area contributed by atoms with Crippen LogP contribution in [0, 0.1) is 0 Å². The van der Waals surface area contributed by atoms with E-state index in [-0.39, 0.29) is 18.4 Å². The van der Waals surface area contributed by atoms with Crippen molar-refractivity contribution in [3.63, 3.8) is 0 Å². The van der Waals surface area contributed by atoms with E-state index in [4.69, 9.17) is 0 Å². The normalized spacial score (nSPS) is 19.9. The van der Waals surface area contributed by atoms with Crippen molar-refractivity contribution in [3.8, 4) is 0 Å². The van der Waals surface area contributed by atoms with Gasteiger partial charge in [-0.05, 0) is 23.5 Å². The van der Waals surface area contributed by atoms with E-state index in [1.165, 1.54) is 0 Å². The maximum absolute atomic E-state index is 13.5. The van der Waals surface area contributed by atoms with Gasteiger partial charge in [0, 0.05) is 18.7 Å². The third kappa shape index (κ3) is 2.82. The molecule has 1 aliphatic heterocycles. The van der Waals surface area contributed by atoms with E-state index in [0.29, 0.717) is 6.42 Å². The number of hydrogen-bond donors (Lipinski definition) is 0. The number of alkyl halides is 2. The van der Waals surface area contributed by atoms with Gasteiger partial charge in [-0.1, -0.05) is 39.0 Å². The van der Waals surface area contributed by atoms with E-state index in [9.17, 15) is 8.78 Å². The minimum atomic E-state index is -2.55. The van der Waals surface area contributed by atoms with Crippen LogP contribution >= 0.6 is 0 Å². The second-order valence-electron chi connectivity index (χ2n) is 6.15. The van der Waals surface area contributed by atoms with Crippen molar-refractivity contribution in [1.82, 2.24) is 0 Å². The Morgan fingerprint density at radius 1 is 1.17 bits per heavy atom. The summed E-state index contributed by atoms with van der Waals surface area (Å²) < 4.78 is 27.1. The standard InChI is InChI=1S/C15H21F2N/c1-14(2,3)12-7-4-5-8-13(12)18-10-6-9-15(16,17)11-18/h4-5,7-8H,6,9-11H2,1-3H3. The van der Waals surface area contributed by atoms with Crippen LogP contribution in [0.4, 0.5) is 14.5 Å². The van der Waals surface area contributed by atoms with Gasteiger partial charge in [-0.2, -0.15) is 0 Å². The lowest BCUT2D eigenvalue weighted by molar-refractivity contribution is -0.0117. The monoisotopic (exact) mass is 253 g/mol. The second-order valence-corrected chi connectivity index (χ2v) is 6.15. The third-order valence-electron chi connectivity index (χ3n) is 3.45. The Hall–Kier alpha value is -1.12. The molecule has 1 aliphatic rings. The Labute approximate surface area is 108 Å². The lowest BCUT2D eigenvalue weighted by atomic mass is 9.85. The zero-order valence-electron chi connectivity index (χ0n) is 11.3. The predicted octanol–water partition coefficient (Wildman–Crippen LogP) is 4.22. The highest BCUT2D eigenvalue weighted by Gasteiger charge is 2.36. The van der Waals surface area contributed by atoms with Crippen LogP contribution in [-0.4, -0.2) is 19.0 Å². The van der Waals surface area contributed by atoms with Gasteiger partial charge < -0.3 is 4.90 Å². The fourth-order valence-electron chi connectivity index (χ4n) is 2.56. The number of rotatable bonds is 1. The van der Waals surface area contributed by atoms with Gasteiger partial charge in [-0.15, -0.1) is 0 Å². The maximum atomic E-state index is 13.5.